The second-order valence-corrected chi connectivity index (χ2v) is 5.10. The third-order valence-corrected chi connectivity index (χ3v) is 3.41. The highest BCUT2D eigenvalue weighted by Crippen LogP contribution is 2.32. The molecule has 2 N–H and O–H groups in total. The van der Waals surface area contributed by atoms with Gasteiger partial charge >= 0.3 is 0 Å². The molecule has 94 valence electrons. The Balaban J connectivity index is 1.81. The summed E-state index contributed by atoms with van der Waals surface area (Å²) in [5.41, 5.74) is 7.24. The van der Waals surface area contributed by atoms with Gasteiger partial charge in [-0.05, 0) is 42.9 Å². The zero-order chi connectivity index (χ0) is 12.1. The Morgan fingerprint density at radius 1 is 1.41 bits per heavy atom. The fourth-order valence-corrected chi connectivity index (χ4v) is 1.96. The summed E-state index contributed by atoms with van der Waals surface area (Å²) >= 11 is 0. The SMILES string of the molecule is CCC(N)Cc1cccc(OCCC2CC2)c1. The van der Waals surface area contributed by atoms with Gasteiger partial charge in [-0.3, -0.25) is 0 Å². The van der Waals surface area contributed by atoms with Crippen LogP contribution in [-0.4, -0.2) is 12.6 Å². The quantitative estimate of drug-likeness (QED) is 0.785. The summed E-state index contributed by atoms with van der Waals surface area (Å²) in [6.07, 6.45) is 5.96. The van der Waals surface area contributed by atoms with Gasteiger partial charge in [0.2, 0.25) is 0 Å². The summed E-state index contributed by atoms with van der Waals surface area (Å²) in [5, 5.41) is 0. The Morgan fingerprint density at radius 3 is 2.94 bits per heavy atom. The third kappa shape index (κ3) is 4.39. The van der Waals surface area contributed by atoms with Crippen molar-refractivity contribution < 1.29 is 4.74 Å². The van der Waals surface area contributed by atoms with Gasteiger partial charge in [0.1, 0.15) is 5.75 Å². The number of ether oxygens (including phenoxy) is 1. The Hall–Kier alpha value is -1.02. The van der Waals surface area contributed by atoms with E-state index in [4.69, 9.17) is 10.5 Å². The van der Waals surface area contributed by atoms with Crippen LogP contribution in [-0.2, 0) is 6.42 Å². The lowest BCUT2D eigenvalue weighted by molar-refractivity contribution is 0.302. The molecule has 0 radical (unpaired) electrons. The van der Waals surface area contributed by atoms with Crippen molar-refractivity contribution in [2.24, 2.45) is 11.7 Å². The first-order valence-electron chi connectivity index (χ1n) is 6.75. The van der Waals surface area contributed by atoms with Crippen LogP contribution >= 0.6 is 0 Å². The topological polar surface area (TPSA) is 35.2 Å². The Bertz CT molecular complexity index is 347. The normalized spacial score (nSPS) is 16.8. The van der Waals surface area contributed by atoms with Gasteiger partial charge in [-0.1, -0.05) is 31.9 Å². The lowest BCUT2D eigenvalue weighted by Crippen LogP contribution is -2.21. The molecule has 0 amide bonds. The summed E-state index contributed by atoms with van der Waals surface area (Å²) in [4.78, 5) is 0. The maximum Gasteiger partial charge on any atom is 0.119 e. The number of benzene rings is 1. The summed E-state index contributed by atoms with van der Waals surface area (Å²) < 4.78 is 5.77. The molecule has 0 saturated heterocycles. The highest BCUT2D eigenvalue weighted by molar-refractivity contribution is 5.29. The van der Waals surface area contributed by atoms with Gasteiger partial charge in [0.25, 0.3) is 0 Å². The molecule has 0 aliphatic heterocycles. The predicted octanol–water partition coefficient (Wildman–Crippen LogP) is 3.15. The first-order chi connectivity index (χ1) is 8.28. The minimum Gasteiger partial charge on any atom is -0.494 e. The Kier molecular flexibility index (Phi) is 4.43. The van der Waals surface area contributed by atoms with E-state index in [9.17, 15) is 0 Å². The second-order valence-electron chi connectivity index (χ2n) is 5.10. The number of hydrogen-bond donors (Lipinski definition) is 1. The van der Waals surface area contributed by atoms with Crippen molar-refractivity contribution in [1.82, 2.24) is 0 Å². The molecule has 17 heavy (non-hydrogen) atoms. The van der Waals surface area contributed by atoms with Crippen molar-refractivity contribution in [1.29, 1.82) is 0 Å². The van der Waals surface area contributed by atoms with E-state index in [1.54, 1.807) is 0 Å². The molecular formula is C15H23NO. The molecule has 2 rings (SSSR count). The molecule has 2 nitrogen and oxygen atoms in total. The van der Waals surface area contributed by atoms with E-state index in [0.717, 1.165) is 31.1 Å². The molecule has 0 bridgehead atoms. The van der Waals surface area contributed by atoms with E-state index in [-0.39, 0.29) is 6.04 Å². The van der Waals surface area contributed by atoms with Gasteiger partial charge in [-0.2, -0.15) is 0 Å². The molecule has 0 aromatic heterocycles. The van der Waals surface area contributed by atoms with E-state index in [0.29, 0.717) is 0 Å². The predicted molar refractivity (Wildman–Crippen MR) is 71.2 cm³/mol. The van der Waals surface area contributed by atoms with E-state index < -0.39 is 0 Å². The molecule has 0 spiro atoms. The van der Waals surface area contributed by atoms with Crippen molar-refractivity contribution in [3.63, 3.8) is 0 Å². The average Bonchev–Trinajstić information content (AvgIpc) is 3.13. The van der Waals surface area contributed by atoms with Crippen LogP contribution in [0, 0.1) is 5.92 Å². The van der Waals surface area contributed by atoms with Gasteiger partial charge in [0.15, 0.2) is 0 Å². The Morgan fingerprint density at radius 2 is 2.24 bits per heavy atom. The standard InChI is InChI=1S/C15H23NO/c1-2-14(16)10-13-4-3-5-15(11-13)17-9-8-12-6-7-12/h3-5,11-12,14H,2,6-10,16H2,1H3. The smallest absolute Gasteiger partial charge is 0.119 e. The molecule has 1 aromatic rings. The van der Waals surface area contributed by atoms with E-state index >= 15 is 0 Å². The molecule has 1 aliphatic carbocycles. The third-order valence-electron chi connectivity index (χ3n) is 3.41. The molecule has 1 aliphatic rings. The van der Waals surface area contributed by atoms with Gasteiger partial charge < -0.3 is 10.5 Å². The van der Waals surface area contributed by atoms with Crippen molar-refractivity contribution in [3.8, 4) is 5.75 Å². The number of nitrogens with two attached hydrogens (primary N) is 1. The molecule has 1 atom stereocenters. The van der Waals surface area contributed by atoms with Crippen LogP contribution in [0.3, 0.4) is 0 Å². The highest BCUT2D eigenvalue weighted by Gasteiger charge is 2.20. The maximum atomic E-state index is 5.96. The zero-order valence-corrected chi connectivity index (χ0v) is 10.7. The molecule has 2 heteroatoms. The van der Waals surface area contributed by atoms with Crippen LogP contribution in [0.25, 0.3) is 0 Å². The molecule has 1 fully saturated rings. The van der Waals surface area contributed by atoms with Gasteiger partial charge in [-0.25, -0.2) is 0 Å². The first-order valence-corrected chi connectivity index (χ1v) is 6.75. The van der Waals surface area contributed by atoms with Gasteiger partial charge in [-0.15, -0.1) is 0 Å². The van der Waals surface area contributed by atoms with Crippen LogP contribution < -0.4 is 10.5 Å². The van der Waals surface area contributed by atoms with Crippen LogP contribution in [0.5, 0.6) is 5.75 Å². The molecule has 1 unspecified atom stereocenters. The van der Waals surface area contributed by atoms with Crippen LogP contribution in [0.1, 0.15) is 38.2 Å². The van der Waals surface area contributed by atoms with Crippen LogP contribution in [0.4, 0.5) is 0 Å². The summed E-state index contributed by atoms with van der Waals surface area (Å²) in [5.74, 6) is 1.93. The highest BCUT2D eigenvalue weighted by atomic mass is 16.5. The van der Waals surface area contributed by atoms with Crippen molar-refractivity contribution in [2.75, 3.05) is 6.61 Å². The Labute approximate surface area is 104 Å². The maximum absolute atomic E-state index is 5.96. The summed E-state index contributed by atoms with van der Waals surface area (Å²) in [6, 6.07) is 8.61. The van der Waals surface area contributed by atoms with E-state index in [1.165, 1.54) is 24.8 Å². The lowest BCUT2D eigenvalue weighted by Gasteiger charge is -2.11. The van der Waals surface area contributed by atoms with Gasteiger partial charge in [0, 0.05) is 6.04 Å². The number of hydrogen-bond acceptors (Lipinski definition) is 2. The fourth-order valence-electron chi connectivity index (χ4n) is 1.96. The minimum absolute atomic E-state index is 0.261. The van der Waals surface area contributed by atoms with E-state index in [2.05, 4.69) is 25.1 Å². The van der Waals surface area contributed by atoms with Gasteiger partial charge in [0.05, 0.1) is 6.61 Å². The van der Waals surface area contributed by atoms with Crippen molar-refractivity contribution >= 4 is 0 Å². The first kappa shape index (κ1) is 12.4. The fraction of sp³-hybridized carbons (Fsp3) is 0.600. The monoisotopic (exact) mass is 233 g/mol. The van der Waals surface area contributed by atoms with Crippen molar-refractivity contribution in [2.45, 2.75) is 45.1 Å². The van der Waals surface area contributed by atoms with E-state index in [1.807, 2.05) is 6.07 Å². The molecule has 1 saturated carbocycles. The van der Waals surface area contributed by atoms with Crippen LogP contribution in [0.15, 0.2) is 24.3 Å². The number of rotatable bonds is 7. The molecular weight excluding hydrogens is 210 g/mol. The summed E-state index contributed by atoms with van der Waals surface area (Å²) in [7, 11) is 0. The van der Waals surface area contributed by atoms with Crippen molar-refractivity contribution in [3.05, 3.63) is 29.8 Å². The molecule has 1 aromatic carbocycles. The minimum atomic E-state index is 0.261. The average molecular weight is 233 g/mol. The lowest BCUT2D eigenvalue weighted by atomic mass is 10.0. The van der Waals surface area contributed by atoms with Crippen LogP contribution in [0.2, 0.25) is 0 Å². The summed E-state index contributed by atoms with van der Waals surface area (Å²) in [6.45, 7) is 2.98. The zero-order valence-electron chi connectivity index (χ0n) is 10.7. The largest absolute Gasteiger partial charge is 0.494 e. The molecule has 0 heterocycles. The second kappa shape index (κ2) is 6.06.